The Labute approximate surface area is 122 Å². The van der Waals surface area contributed by atoms with E-state index < -0.39 is 6.10 Å². The molecule has 19 heavy (non-hydrogen) atoms. The summed E-state index contributed by atoms with van der Waals surface area (Å²) in [5, 5.41) is 19.8. The maximum atomic E-state index is 10.1. The fourth-order valence-electron chi connectivity index (χ4n) is 2.09. The molecule has 0 spiro atoms. The molecule has 0 aliphatic heterocycles. The van der Waals surface area contributed by atoms with E-state index in [-0.39, 0.29) is 18.4 Å². The number of nitrogens with two attached hydrogens (primary N) is 1. The molecule has 0 saturated heterocycles. The lowest BCUT2D eigenvalue weighted by Gasteiger charge is -2.21. The van der Waals surface area contributed by atoms with Crippen LogP contribution in [0, 0.1) is 19.8 Å². The van der Waals surface area contributed by atoms with Gasteiger partial charge in [0, 0.05) is 0 Å². The molecule has 2 atom stereocenters. The second-order valence-electron chi connectivity index (χ2n) is 5.57. The van der Waals surface area contributed by atoms with Crippen LogP contribution in [0.15, 0.2) is 12.1 Å². The van der Waals surface area contributed by atoms with Crippen molar-refractivity contribution >= 4 is 12.4 Å². The summed E-state index contributed by atoms with van der Waals surface area (Å²) >= 11 is 0. The Bertz CT molecular complexity index is 384. The van der Waals surface area contributed by atoms with Gasteiger partial charge in [-0.25, -0.2) is 0 Å². The molecule has 3 nitrogen and oxygen atoms in total. The van der Waals surface area contributed by atoms with E-state index in [0.29, 0.717) is 18.1 Å². The number of halogens is 1. The van der Waals surface area contributed by atoms with Crippen molar-refractivity contribution in [1.29, 1.82) is 0 Å². The standard InChI is InChI=1S/C15H25NO2.ClH/c1-9(2)5-6-13(17)14(16)12-7-10(3)15(18)11(4)8-12;/h7-9,13-14,17-18H,5-6,16H2,1-4H3;1H/t13-,14+;/m0./s1. The van der Waals surface area contributed by atoms with E-state index in [1.54, 1.807) is 0 Å². The smallest absolute Gasteiger partial charge is 0.121 e. The van der Waals surface area contributed by atoms with E-state index in [1.807, 2.05) is 26.0 Å². The third kappa shape index (κ3) is 5.01. The van der Waals surface area contributed by atoms with Gasteiger partial charge in [0.1, 0.15) is 5.75 Å². The Morgan fingerprint density at radius 2 is 1.58 bits per heavy atom. The van der Waals surface area contributed by atoms with Crippen LogP contribution in [0.5, 0.6) is 5.75 Å². The van der Waals surface area contributed by atoms with Crippen molar-refractivity contribution in [3.63, 3.8) is 0 Å². The minimum Gasteiger partial charge on any atom is -0.507 e. The summed E-state index contributed by atoms with van der Waals surface area (Å²) < 4.78 is 0. The fourth-order valence-corrected chi connectivity index (χ4v) is 2.09. The molecule has 0 saturated carbocycles. The number of hydrogen-bond donors (Lipinski definition) is 3. The van der Waals surface area contributed by atoms with Gasteiger partial charge in [0.25, 0.3) is 0 Å². The van der Waals surface area contributed by atoms with Crippen LogP contribution in [-0.2, 0) is 0 Å². The molecule has 0 amide bonds. The molecule has 1 aromatic rings. The van der Waals surface area contributed by atoms with Crippen molar-refractivity contribution in [2.45, 2.75) is 52.7 Å². The van der Waals surface area contributed by atoms with Gasteiger partial charge < -0.3 is 15.9 Å². The Morgan fingerprint density at radius 1 is 1.11 bits per heavy atom. The zero-order valence-electron chi connectivity index (χ0n) is 12.2. The molecule has 0 aliphatic rings. The maximum Gasteiger partial charge on any atom is 0.121 e. The van der Waals surface area contributed by atoms with E-state index in [4.69, 9.17) is 5.73 Å². The first kappa shape index (κ1) is 18.2. The van der Waals surface area contributed by atoms with Crippen LogP contribution < -0.4 is 5.73 Å². The predicted molar refractivity (Wildman–Crippen MR) is 81.8 cm³/mol. The topological polar surface area (TPSA) is 66.5 Å². The molecular weight excluding hydrogens is 262 g/mol. The third-order valence-corrected chi connectivity index (χ3v) is 3.35. The second-order valence-corrected chi connectivity index (χ2v) is 5.57. The number of aliphatic hydroxyl groups excluding tert-OH is 1. The lowest BCUT2D eigenvalue weighted by molar-refractivity contribution is 0.128. The first-order valence-corrected chi connectivity index (χ1v) is 6.56. The van der Waals surface area contributed by atoms with Gasteiger partial charge in [-0.2, -0.15) is 0 Å². The Morgan fingerprint density at radius 3 is 2.00 bits per heavy atom. The molecule has 1 aromatic carbocycles. The number of rotatable bonds is 5. The molecule has 0 fully saturated rings. The van der Waals surface area contributed by atoms with Crippen LogP contribution >= 0.6 is 12.4 Å². The maximum absolute atomic E-state index is 10.1. The van der Waals surface area contributed by atoms with Gasteiger partial charge >= 0.3 is 0 Å². The average Bonchev–Trinajstić information content (AvgIpc) is 2.31. The first-order valence-electron chi connectivity index (χ1n) is 6.56. The van der Waals surface area contributed by atoms with E-state index in [1.165, 1.54) is 0 Å². The highest BCUT2D eigenvalue weighted by Crippen LogP contribution is 2.27. The van der Waals surface area contributed by atoms with Gasteiger partial charge in [0.2, 0.25) is 0 Å². The summed E-state index contributed by atoms with van der Waals surface area (Å²) in [4.78, 5) is 0. The minimum atomic E-state index is -0.532. The van der Waals surface area contributed by atoms with Gasteiger partial charge in [-0.15, -0.1) is 12.4 Å². The number of benzene rings is 1. The van der Waals surface area contributed by atoms with Crippen LogP contribution in [-0.4, -0.2) is 16.3 Å². The molecule has 0 radical (unpaired) electrons. The molecular formula is C15H26ClNO2. The zero-order valence-corrected chi connectivity index (χ0v) is 13.0. The number of hydrogen-bond acceptors (Lipinski definition) is 3. The molecule has 0 unspecified atom stereocenters. The van der Waals surface area contributed by atoms with Crippen LogP contribution in [0.1, 0.15) is 49.4 Å². The summed E-state index contributed by atoms with van der Waals surface area (Å²) in [7, 11) is 0. The summed E-state index contributed by atoms with van der Waals surface area (Å²) in [6.07, 6.45) is 1.14. The van der Waals surface area contributed by atoms with Crippen molar-refractivity contribution in [1.82, 2.24) is 0 Å². The van der Waals surface area contributed by atoms with Gasteiger partial charge in [0.15, 0.2) is 0 Å². The zero-order chi connectivity index (χ0) is 13.9. The molecule has 1 rings (SSSR count). The van der Waals surface area contributed by atoms with Crippen LogP contribution in [0.4, 0.5) is 0 Å². The van der Waals surface area contributed by atoms with Crippen molar-refractivity contribution < 1.29 is 10.2 Å². The summed E-state index contributed by atoms with van der Waals surface area (Å²) in [5.74, 6) is 0.873. The van der Waals surface area contributed by atoms with Crippen molar-refractivity contribution in [3.05, 3.63) is 28.8 Å². The molecule has 0 bridgehead atoms. The quantitative estimate of drug-likeness (QED) is 0.779. The Balaban J connectivity index is 0.00000324. The summed E-state index contributed by atoms with van der Waals surface area (Å²) in [6, 6.07) is 3.32. The highest BCUT2D eigenvalue weighted by atomic mass is 35.5. The SMILES string of the molecule is Cc1cc([C@@H](N)[C@@H](O)CCC(C)C)cc(C)c1O.Cl. The van der Waals surface area contributed by atoms with Gasteiger partial charge in [0.05, 0.1) is 12.1 Å². The normalized spacial score (nSPS) is 14.1. The lowest BCUT2D eigenvalue weighted by atomic mass is 9.93. The van der Waals surface area contributed by atoms with E-state index in [0.717, 1.165) is 23.1 Å². The number of phenols is 1. The number of aryl methyl sites for hydroxylation is 2. The highest BCUT2D eigenvalue weighted by Gasteiger charge is 2.18. The molecule has 0 aliphatic carbocycles. The molecule has 4 N–H and O–H groups in total. The first-order chi connectivity index (χ1) is 8.32. The predicted octanol–water partition coefficient (Wildman–Crippen LogP) is 3.23. The Kier molecular flexibility index (Phi) is 7.42. The third-order valence-electron chi connectivity index (χ3n) is 3.35. The van der Waals surface area contributed by atoms with Gasteiger partial charge in [-0.05, 0) is 49.3 Å². The molecule has 0 heterocycles. The average molecular weight is 288 g/mol. The number of phenolic OH excluding ortho intramolecular Hbond substituents is 1. The fraction of sp³-hybridized carbons (Fsp3) is 0.600. The highest BCUT2D eigenvalue weighted by molar-refractivity contribution is 5.85. The Hall–Kier alpha value is -0.770. The van der Waals surface area contributed by atoms with Crippen LogP contribution in [0.2, 0.25) is 0 Å². The van der Waals surface area contributed by atoms with E-state index >= 15 is 0 Å². The largest absolute Gasteiger partial charge is 0.507 e. The van der Waals surface area contributed by atoms with Gasteiger partial charge in [-0.3, -0.25) is 0 Å². The second kappa shape index (κ2) is 7.73. The van der Waals surface area contributed by atoms with Crippen molar-refractivity contribution in [3.8, 4) is 5.75 Å². The van der Waals surface area contributed by atoms with Crippen molar-refractivity contribution in [2.75, 3.05) is 0 Å². The van der Waals surface area contributed by atoms with Gasteiger partial charge in [-0.1, -0.05) is 26.0 Å². The van der Waals surface area contributed by atoms with E-state index in [2.05, 4.69) is 13.8 Å². The molecule has 110 valence electrons. The number of aromatic hydroxyl groups is 1. The summed E-state index contributed by atoms with van der Waals surface area (Å²) in [5.41, 5.74) is 8.57. The summed E-state index contributed by atoms with van der Waals surface area (Å²) in [6.45, 7) is 7.96. The molecule has 4 heteroatoms. The van der Waals surface area contributed by atoms with E-state index in [9.17, 15) is 10.2 Å². The van der Waals surface area contributed by atoms with Crippen LogP contribution in [0.25, 0.3) is 0 Å². The molecule has 0 aromatic heterocycles. The van der Waals surface area contributed by atoms with Crippen LogP contribution in [0.3, 0.4) is 0 Å². The minimum absolute atomic E-state index is 0. The van der Waals surface area contributed by atoms with Crippen molar-refractivity contribution in [2.24, 2.45) is 11.7 Å². The lowest BCUT2D eigenvalue weighted by Crippen LogP contribution is -2.26. The number of aliphatic hydroxyl groups is 1. The monoisotopic (exact) mass is 287 g/mol.